The highest BCUT2D eigenvalue weighted by Gasteiger charge is 2.17. The van der Waals surface area contributed by atoms with Crippen molar-refractivity contribution in [3.63, 3.8) is 0 Å². The molecule has 1 aromatic carbocycles. The normalized spacial score (nSPS) is 13.2. The lowest BCUT2D eigenvalue weighted by Crippen LogP contribution is -2.24. The van der Waals surface area contributed by atoms with Gasteiger partial charge < -0.3 is 4.57 Å². The van der Waals surface area contributed by atoms with Gasteiger partial charge in [-0.15, -0.1) is 11.3 Å². The van der Waals surface area contributed by atoms with Crippen molar-refractivity contribution in [2.45, 2.75) is 19.9 Å². The first-order valence-electron chi connectivity index (χ1n) is 8.08. The van der Waals surface area contributed by atoms with E-state index < -0.39 is 0 Å². The van der Waals surface area contributed by atoms with E-state index in [-0.39, 0.29) is 5.56 Å². The molecule has 25 heavy (non-hydrogen) atoms. The molecule has 0 spiro atoms. The van der Waals surface area contributed by atoms with Crippen molar-refractivity contribution < 1.29 is 0 Å². The average molecular weight is 349 g/mol. The number of aryl methyl sites for hydroxylation is 2. The maximum absolute atomic E-state index is 13.0. The summed E-state index contributed by atoms with van der Waals surface area (Å²) in [5.41, 5.74) is 4.70. The summed E-state index contributed by atoms with van der Waals surface area (Å²) in [5, 5.41) is 6.28. The minimum atomic E-state index is -0.0837. The number of rotatable bonds is 2. The minimum absolute atomic E-state index is 0.0837. The Balaban J connectivity index is 1.64. The average Bonchev–Trinajstić information content (AvgIpc) is 3.26. The van der Waals surface area contributed by atoms with Crippen molar-refractivity contribution in [2.75, 3.05) is 0 Å². The van der Waals surface area contributed by atoms with Gasteiger partial charge in [0.15, 0.2) is 5.65 Å². The smallest absolute Gasteiger partial charge is 0.291 e. The van der Waals surface area contributed by atoms with Gasteiger partial charge >= 0.3 is 0 Å². The lowest BCUT2D eigenvalue weighted by molar-refractivity contribution is 0.644. The van der Waals surface area contributed by atoms with Crippen LogP contribution >= 0.6 is 11.3 Å². The molecule has 0 aliphatic carbocycles. The Morgan fingerprint density at radius 3 is 3.08 bits per heavy atom. The van der Waals surface area contributed by atoms with E-state index in [2.05, 4.69) is 21.1 Å². The Labute approximate surface area is 147 Å². The molecule has 124 valence electrons. The molecule has 7 heteroatoms. The van der Waals surface area contributed by atoms with E-state index in [1.807, 2.05) is 36.9 Å². The number of thiazole rings is 1. The number of hydrogen-bond acceptors (Lipinski definition) is 5. The van der Waals surface area contributed by atoms with Gasteiger partial charge in [-0.25, -0.2) is 9.67 Å². The molecule has 0 saturated carbocycles. The summed E-state index contributed by atoms with van der Waals surface area (Å²) < 4.78 is 4.43. The van der Waals surface area contributed by atoms with Crippen molar-refractivity contribution in [3.8, 4) is 0 Å². The monoisotopic (exact) mass is 349 g/mol. The Morgan fingerprint density at radius 1 is 1.32 bits per heavy atom. The second kappa shape index (κ2) is 5.10. The molecular weight excluding hydrogens is 334 g/mol. The summed E-state index contributed by atoms with van der Waals surface area (Å²) in [6.45, 7) is 2.43. The van der Waals surface area contributed by atoms with Crippen LogP contribution in [-0.4, -0.2) is 25.5 Å². The van der Waals surface area contributed by atoms with Crippen LogP contribution in [0.15, 0.2) is 34.2 Å². The summed E-state index contributed by atoms with van der Waals surface area (Å²) in [5.74, 6) is 0. The molecule has 0 N–H and O–H groups in total. The molecule has 0 atom stereocenters. The van der Waals surface area contributed by atoms with E-state index in [4.69, 9.17) is 0 Å². The molecule has 3 aromatic heterocycles. The van der Waals surface area contributed by atoms with E-state index in [0.717, 1.165) is 38.4 Å². The Kier molecular flexibility index (Phi) is 2.96. The van der Waals surface area contributed by atoms with E-state index in [0.29, 0.717) is 12.1 Å². The van der Waals surface area contributed by atoms with Gasteiger partial charge in [-0.2, -0.15) is 5.10 Å². The van der Waals surface area contributed by atoms with Gasteiger partial charge in [-0.1, -0.05) is 12.1 Å². The summed E-state index contributed by atoms with van der Waals surface area (Å²) >= 11 is 1.60. The standard InChI is InChI=1S/C18H15N5OS/c1-10-21-17-16(25-10)13-8-20-23(18(24)15(13)22(17)2)9-11-3-4-14-12(7-11)5-6-19-14/h3-4,6-8H,5,9H2,1-2H3. The van der Waals surface area contributed by atoms with Crippen LogP contribution in [0.3, 0.4) is 0 Å². The molecule has 5 rings (SSSR count). The number of aromatic nitrogens is 4. The van der Waals surface area contributed by atoms with Crippen LogP contribution in [0.25, 0.3) is 21.3 Å². The second-order valence-corrected chi connectivity index (χ2v) is 7.50. The van der Waals surface area contributed by atoms with Crippen molar-refractivity contribution in [1.82, 2.24) is 19.3 Å². The Hall–Kier alpha value is -2.80. The molecule has 0 amide bonds. The number of hydrogen-bond donors (Lipinski definition) is 0. The molecule has 0 saturated heterocycles. The number of aliphatic imine (C=N–C) groups is 1. The lowest BCUT2D eigenvalue weighted by atomic mass is 10.1. The number of nitrogens with zero attached hydrogens (tertiary/aromatic N) is 5. The molecule has 0 fully saturated rings. The van der Waals surface area contributed by atoms with E-state index in [1.165, 1.54) is 10.2 Å². The van der Waals surface area contributed by atoms with Gasteiger partial charge in [0.25, 0.3) is 5.56 Å². The molecule has 4 aromatic rings. The van der Waals surface area contributed by atoms with Gasteiger partial charge in [-0.3, -0.25) is 9.79 Å². The quantitative estimate of drug-likeness (QED) is 0.559. The van der Waals surface area contributed by atoms with Crippen LogP contribution in [-0.2, 0) is 20.0 Å². The summed E-state index contributed by atoms with van der Waals surface area (Å²) in [6, 6.07) is 6.12. The zero-order valence-corrected chi connectivity index (χ0v) is 14.7. The molecule has 0 unspecified atom stereocenters. The predicted octanol–water partition coefficient (Wildman–Crippen LogP) is 2.96. The molecule has 6 nitrogen and oxygen atoms in total. The highest BCUT2D eigenvalue weighted by atomic mass is 32.1. The van der Waals surface area contributed by atoms with Crippen molar-refractivity contribution in [1.29, 1.82) is 0 Å². The first-order valence-corrected chi connectivity index (χ1v) is 8.89. The SMILES string of the molecule is Cc1nc2c(s1)c1cnn(Cc3ccc4c(c3)CC=N4)c(=O)c1n2C. The highest BCUT2D eigenvalue weighted by molar-refractivity contribution is 7.19. The molecule has 0 radical (unpaired) electrons. The number of benzene rings is 1. The number of fused-ring (bicyclic) bond motifs is 4. The maximum Gasteiger partial charge on any atom is 0.291 e. The second-order valence-electron chi connectivity index (χ2n) is 6.29. The zero-order valence-electron chi connectivity index (χ0n) is 13.9. The first kappa shape index (κ1) is 14.5. The van der Waals surface area contributed by atoms with Crippen LogP contribution in [0.4, 0.5) is 5.69 Å². The summed E-state index contributed by atoms with van der Waals surface area (Å²) in [6.07, 6.45) is 4.55. The largest absolute Gasteiger partial charge is 0.323 e. The zero-order chi connectivity index (χ0) is 17.1. The maximum atomic E-state index is 13.0. The van der Waals surface area contributed by atoms with Gasteiger partial charge in [0.05, 0.1) is 28.1 Å². The van der Waals surface area contributed by atoms with Gasteiger partial charge in [0.2, 0.25) is 0 Å². The van der Waals surface area contributed by atoms with Crippen LogP contribution in [0.5, 0.6) is 0 Å². The van der Waals surface area contributed by atoms with Crippen LogP contribution in [0.1, 0.15) is 16.1 Å². The summed E-state index contributed by atoms with van der Waals surface area (Å²) in [4.78, 5) is 21.8. The summed E-state index contributed by atoms with van der Waals surface area (Å²) in [7, 11) is 1.89. The van der Waals surface area contributed by atoms with Crippen molar-refractivity contribution >= 4 is 44.5 Å². The third-order valence-electron chi connectivity index (χ3n) is 4.65. The first-order chi connectivity index (χ1) is 12.1. The molecule has 0 bridgehead atoms. The van der Waals surface area contributed by atoms with Gasteiger partial charge in [0, 0.05) is 25.1 Å². The minimum Gasteiger partial charge on any atom is -0.323 e. The molecule has 1 aliphatic rings. The van der Waals surface area contributed by atoms with Crippen LogP contribution in [0, 0.1) is 6.92 Å². The molecular formula is C18H15N5OS. The lowest BCUT2D eigenvalue weighted by Gasteiger charge is -2.07. The topological polar surface area (TPSA) is 65.1 Å². The van der Waals surface area contributed by atoms with Crippen LogP contribution in [0.2, 0.25) is 0 Å². The molecule has 4 heterocycles. The Morgan fingerprint density at radius 2 is 2.20 bits per heavy atom. The fraction of sp³-hybridized carbons (Fsp3) is 0.222. The van der Waals surface area contributed by atoms with E-state index >= 15 is 0 Å². The van der Waals surface area contributed by atoms with E-state index in [9.17, 15) is 4.79 Å². The third kappa shape index (κ3) is 2.09. The van der Waals surface area contributed by atoms with Crippen molar-refractivity contribution in [2.24, 2.45) is 12.0 Å². The fourth-order valence-electron chi connectivity index (χ4n) is 3.45. The third-order valence-corrected chi connectivity index (χ3v) is 5.64. The van der Waals surface area contributed by atoms with Gasteiger partial charge in [0.1, 0.15) is 5.52 Å². The predicted molar refractivity (Wildman–Crippen MR) is 100 cm³/mol. The van der Waals surface area contributed by atoms with Gasteiger partial charge in [-0.05, 0) is 24.1 Å². The van der Waals surface area contributed by atoms with Crippen molar-refractivity contribution in [3.05, 3.63) is 50.9 Å². The fourth-order valence-corrected chi connectivity index (χ4v) is 4.41. The van der Waals surface area contributed by atoms with Crippen LogP contribution < -0.4 is 5.56 Å². The molecule has 1 aliphatic heterocycles. The van der Waals surface area contributed by atoms with E-state index in [1.54, 1.807) is 17.5 Å². The Bertz CT molecular complexity index is 1240. The highest BCUT2D eigenvalue weighted by Crippen LogP contribution is 2.30.